The summed E-state index contributed by atoms with van der Waals surface area (Å²) in [6.45, 7) is 1.83. The van der Waals surface area contributed by atoms with Gasteiger partial charge in [-0.2, -0.15) is 8.42 Å². The largest absolute Gasteiger partial charge is 0.464 e. The summed E-state index contributed by atoms with van der Waals surface area (Å²) in [7, 11) is -4.08. The van der Waals surface area contributed by atoms with Crippen LogP contribution in [0.3, 0.4) is 0 Å². The fourth-order valence-electron chi connectivity index (χ4n) is 2.07. The number of ether oxygens (including phenoxy) is 1. The molecule has 6 heteroatoms. The second-order valence-corrected chi connectivity index (χ2v) is 7.68. The molecule has 28 heavy (non-hydrogen) atoms. The number of carbonyl (C=O) groups excluding carboxylic acids is 1. The van der Waals surface area contributed by atoms with Gasteiger partial charge in [-0.3, -0.25) is 9.35 Å². The molecular weight excluding hydrogens is 376 g/mol. The van der Waals surface area contributed by atoms with Crippen LogP contribution in [0.25, 0.3) is 0 Å². The molecule has 0 atom stereocenters. The van der Waals surface area contributed by atoms with Crippen LogP contribution in [-0.2, 0) is 19.6 Å². The second kappa shape index (κ2) is 18.4. The highest BCUT2D eigenvalue weighted by atomic mass is 32.2. The Morgan fingerprint density at radius 3 is 1.75 bits per heavy atom. The molecular formula is C22H34O5S. The van der Waals surface area contributed by atoms with Gasteiger partial charge in [0, 0.05) is 6.42 Å². The van der Waals surface area contributed by atoms with Gasteiger partial charge in [-0.05, 0) is 44.9 Å². The van der Waals surface area contributed by atoms with E-state index < -0.39 is 21.8 Å². The molecule has 5 nitrogen and oxygen atoms in total. The van der Waals surface area contributed by atoms with Crippen molar-refractivity contribution < 1.29 is 22.5 Å². The molecule has 0 fully saturated rings. The van der Waals surface area contributed by atoms with Gasteiger partial charge in [0.15, 0.2) is 0 Å². The zero-order valence-electron chi connectivity index (χ0n) is 16.8. The zero-order valence-corrected chi connectivity index (χ0v) is 17.6. The van der Waals surface area contributed by atoms with Gasteiger partial charge in [0.05, 0.1) is 0 Å². The van der Waals surface area contributed by atoms with Crippen LogP contribution in [0.4, 0.5) is 0 Å². The van der Waals surface area contributed by atoms with Gasteiger partial charge in [-0.1, -0.05) is 67.7 Å². The Bertz CT molecular complexity index is 640. The fraction of sp³-hybridized carbons (Fsp3) is 0.500. The maximum absolute atomic E-state index is 11.3. The number of allylic oxidation sites excluding steroid dienone is 10. The van der Waals surface area contributed by atoms with Crippen LogP contribution in [0.15, 0.2) is 60.8 Å². The summed E-state index contributed by atoms with van der Waals surface area (Å²) in [5.41, 5.74) is 0. The van der Waals surface area contributed by atoms with Gasteiger partial charge in [0.2, 0.25) is 0 Å². The summed E-state index contributed by atoms with van der Waals surface area (Å²) >= 11 is 0. The summed E-state index contributed by atoms with van der Waals surface area (Å²) in [4.78, 5) is 11.3. The minimum Gasteiger partial charge on any atom is -0.464 e. The topological polar surface area (TPSA) is 80.7 Å². The highest BCUT2D eigenvalue weighted by molar-refractivity contribution is 7.85. The van der Waals surface area contributed by atoms with Crippen molar-refractivity contribution in [2.75, 3.05) is 12.4 Å². The first-order valence-electron chi connectivity index (χ1n) is 9.81. The Balaban J connectivity index is 3.57. The third-order valence-electron chi connectivity index (χ3n) is 3.51. The Morgan fingerprint density at radius 1 is 0.821 bits per heavy atom. The molecule has 158 valence electrons. The van der Waals surface area contributed by atoms with E-state index in [2.05, 4.69) is 61.6 Å². The van der Waals surface area contributed by atoms with Gasteiger partial charge >= 0.3 is 5.97 Å². The molecule has 0 saturated heterocycles. The quantitative estimate of drug-likeness (QED) is 0.161. The van der Waals surface area contributed by atoms with Crippen LogP contribution in [-0.4, -0.2) is 31.3 Å². The highest BCUT2D eigenvalue weighted by Gasteiger charge is 2.07. The van der Waals surface area contributed by atoms with Crippen LogP contribution in [0.2, 0.25) is 0 Å². The van der Waals surface area contributed by atoms with E-state index in [0.29, 0.717) is 6.42 Å². The predicted octanol–water partition coefficient (Wildman–Crippen LogP) is 5.34. The first kappa shape index (κ1) is 26.1. The molecule has 0 aromatic rings. The molecule has 0 aromatic heterocycles. The molecule has 1 N–H and O–H groups in total. The van der Waals surface area contributed by atoms with Crippen molar-refractivity contribution in [1.82, 2.24) is 0 Å². The van der Waals surface area contributed by atoms with E-state index in [4.69, 9.17) is 9.29 Å². The van der Waals surface area contributed by atoms with E-state index in [1.165, 1.54) is 0 Å². The Morgan fingerprint density at radius 2 is 1.29 bits per heavy atom. The van der Waals surface area contributed by atoms with E-state index in [9.17, 15) is 13.2 Å². The maximum atomic E-state index is 11.3. The summed E-state index contributed by atoms with van der Waals surface area (Å²) < 4.78 is 34.2. The lowest BCUT2D eigenvalue weighted by molar-refractivity contribution is -0.143. The molecule has 0 aliphatic carbocycles. The van der Waals surface area contributed by atoms with Crippen LogP contribution >= 0.6 is 0 Å². The van der Waals surface area contributed by atoms with E-state index in [1.54, 1.807) is 0 Å². The normalized spacial score (nSPS) is 13.1. The number of esters is 1. The van der Waals surface area contributed by atoms with Crippen LogP contribution in [0, 0.1) is 0 Å². The Labute approximate surface area is 170 Å². The summed E-state index contributed by atoms with van der Waals surface area (Å²) in [5, 5.41) is 0. The van der Waals surface area contributed by atoms with Gasteiger partial charge in [-0.25, -0.2) is 0 Å². The molecule has 0 aliphatic rings. The van der Waals surface area contributed by atoms with Crippen molar-refractivity contribution in [1.29, 1.82) is 0 Å². The highest BCUT2D eigenvalue weighted by Crippen LogP contribution is 2.01. The van der Waals surface area contributed by atoms with Gasteiger partial charge in [0.1, 0.15) is 12.4 Å². The standard InChI is InChI=1S/C22H34O5S/c1-2-3-4-5-6-7-8-9-10-11-12-13-14-15-16-17-18-19-22(23)27-20-21-28(24,25)26/h3-4,6-7,9-10,12-13,15-16H,2,5,8,11,14,17-21H2,1H3,(H,24,25,26)/b4-3-,7-6-,10-9-,13-12-,16-15-. The lowest BCUT2D eigenvalue weighted by Crippen LogP contribution is -2.14. The molecule has 0 aliphatic heterocycles. The Hall–Kier alpha value is -1.92. The minimum absolute atomic E-state index is 0.236. The lowest BCUT2D eigenvalue weighted by atomic mass is 10.2. The third kappa shape index (κ3) is 22.1. The van der Waals surface area contributed by atoms with E-state index in [0.717, 1.165) is 38.5 Å². The molecule has 0 radical (unpaired) electrons. The maximum Gasteiger partial charge on any atom is 0.305 e. The van der Waals surface area contributed by atoms with Gasteiger partial charge < -0.3 is 4.74 Å². The van der Waals surface area contributed by atoms with Crippen molar-refractivity contribution in [2.24, 2.45) is 0 Å². The molecule has 0 heterocycles. The average Bonchev–Trinajstić information content (AvgIpc) is 2.63. The van der Waals surface area contributed by atoms with Gasteiger partial charge in [0.25, 0.3) is 10.1 Å². The SMILES string of the molecule is CC/C=C\C/C=C\C/C=C\C/C=C\C/C=C\CCCC(=O)OCCS(=O)(=O)O. The van der Waals surface area contributed by atoms with Crippen molar-refractivity contribution in [3.63, 3.8) is 0 Å². The number of hydrogen-bond donors (Lipinski definition) is 1. The molecule has 0 amide bonds. The third-order valence-corrected chi connectivity index (χ3v) is 4.20. The first-order chi connectivity index (χ1) is 13.5. The van der Waals surface area contributed by atoms with Crippen molar-refractivity contribution in [2.45, 2.75) is 58.3 Å². The monoisotopic (exact) mass is 410 g/mol. The second-order valence-electron chi connectivity index (χ2n) is 6.11. The molecule has 0 saturated carbocycles. The van der Waals surface area contributed by atoms with E-state index in [1.807, 2.05) is 6.08 Å². The number of rotatable bonds is 16. The number of carbonyl (C=O) groups is 1. The van der Waals surface area contributed by atoms with Crippen LogP contribution in [0.5, 0.6) is 0 Å². The van der Waals surface area contributed by atoms with Crippen LogP contribution < -0.4 is 0 Å². The van der Waals surface area contributed by atoms with Crippen molar-refractivity contribution >= 4 is 16.1 Å². The Kier molecular flexibility index (Phi) is 17.2. The zero-order chi connectivity index (χ0) is 20.9. The molecule has 0 aromatic carbocycles. The fourth-order valence-corrected chi connectivity index (χ4v) is 2.36. The molecule has 0 rings (SSSR count). The summed E-state index contributed by atoms with van der Waals surface area (Å²) in [5.74, 6) is -1.01. The predicted molar refractivity (Wildman–Crippen MR) is 116 cm³/mol. The summed E-state index contributed by atoms with van der Waals surface area (Å²) in [6.07, 6.45) is 27.8. The molecule has 0 spiro atoms. The van der Waals surface area contributed by atoms with E-state index >= 15 is 0 Å². The molecule has 0 bridgehead atoms. The summed E-state index contributed by atoms with van der Waals surface area (Å²) in [6, 6.07) is 0. The number of unbranched alkanes of at least 4 members (excludes halogenated alkanes) is 1. The molecule has 0 unspecified atom stereocenters. The average molecular weight is 411 g/mol. The first-order valence-corrected chi connectivity index (χ1v) is 11.4. The lowest BCUT2D eigenvalue weighted by Gasteiger charge is -2.02. The van der Waals surface area contributed by atoms with Crippen molar-refractivity contribution in [3.8, 4) is 0 Å². The van der Waals surface area contributed by atoms with Crippen molar-refractivity contribution in [3.05, 3.63) is 60.8 Å². The van der Waals surface area contributed by atoms with Crippen LogP contribution in [0.1, 0.15) is 58.3 Å². The minimum atomic E-state index is -4.08. The number of hydrogen-bond acceptors (Lipinski definition) is 4. The van der Waals surface area contributed by atoms with Gasteiger partial charge in [-0.15, -0.1) is 0 Å². The smallest absolute Gasteiger partial charge is 0.305 e. The van der Waals surface area contributed by atoms with E-state index in [-0.39, 0.29) is 13.0 Å².